The van der Waals surface area contributed by atoms with Crippen LogP contribution in [0, 0.1) is 0 Å². The monoisotopic (exact) mass is 237 g/mol. The number of ether oxygens (including phenoxy) is 1. The third-order valence-corrected chi connectivity index (χ3v) is 2.60. The third-order valence-electron chi connectivity index (χ3n) is 1.61. The minimum atomic E-state index is -0.925. The number of hydrogen-bond acceptors (Lipinski definition) is 5. The molecule has 0 aromatic heterocycles. The standard InChI is InChI=1S/C11H11NO3S/c1-2-9(13)15-11(14)10(12)16-8-6-4-3-5-7-8/h2-7,10H,1,12H2. The molecule has 16 heavy (non-hydrogen) atoms. The van der Waals surface area contributed by atoms with E-state index in [1.165, 1.54) is 0 Å². The summed E-state index contributed by atoms with van der Waals surface area (Å²) in [5.74, 6) is -1.58. The van der Waals surface area contributed by atoms with Crippen LogP contribution in [-0.4, -0.2) is 17.3 Å². The second kappa shape index (κ2) is 6.09. The molecular weight excluding hydrogens is 226 g/mol. The van der Waals surface area contributed by atoms with Crippen LogP contribution in [0.25, 0.3) is 0 Å². The molecule has 1 unspecified atom stereocenters. The van der Waals surface area contributed by atoms with Gasteiger partial charge in [-0.2, -0.15) is 0 Å². The van der Waals surface area contributed by atoms with Crippen molar-refractivity contribution >= 4 is 23.7 Å². The molecule has 0 saturated heterocycles. The van der Waals surface area contributed by atoms with E-state index in [1.807, 2.05) is 30.3 Å². The van der Waals surface area contributed by atoms with Gasteiger partial charge in [0.1, 0.15) is 0 Å². The highest BCUT2D eigenvalue weighted by molar-refractivity contribution is 8.00. The van der Waals surface area contributed by atoms with Crippen molar-refractivity contribution in [3.63, 3.8) is 0 Å². The van der Waals surface area contributed by atoms with Gasteiger partial charge in [-0.1, -0.05) is 36.5 Å². The van der Waals surface area contributed by atoms with Gasteiger partial charge in [0.2, 0.25) is 0 Å². The molecule has 0 spiro atoms. The maximum Gasteiger partial charge on any atom is 0.341 e. The number of esters is 2. The fourth-order valence-electron chi connectivity index (χ4n) is 0.893. The average Bonchev–Trinajstić information content (AvgIpc) is 2.30. The van der Waals surface area contributed by atoms with Crippen LogP contribution >= 0.6 is 11.8 Å². The Kier molecular flexibility index (Phi) is 4.75. The van der Waals surface area contributed by atoms with E-state index in [1.54, 1.807) is 0 Å². The molecule has 2 N–H and O–H groups in total. The van der Waals surface area contributed by atoms with Gasteiger partial charge in [-0.25, -0.2) is 9.59 Å². The quantitative estimate of drug-likeness (QED) is 0.281. The summed E-state index contributed by atoms with van der Waals surface area (Å²) in [6, 6.07) is 9.14. The summed E-state index contributed by atoms with van der Waals surface area (Å²) in [5, 5.41) is -0.925. The number of thioether (sulfide) groups is 1. The van der Waals surface area contributed by atoms with Gasteiger partial charge in [-0.15, -0.1) is 0 Å². The Morgan fingerprint density at radius 1 is 1.38 bits per heavy atom. The van der Waals surface area contributed by atoms with E-state index in [2.05, 4.69) is 11.3 Å². The zero-order chi connectivity index (χ0) is 12.0. The molecule has 0 radical (unpaired) electrons. The summed E-state index contributed by atoms with van der Waals surface area (Å²) in [5.41, 5.74) is 5.55. The molecule has 0 heterocycles. The van der Waals surface area contributed by atoms with Crippen molar-refractivity contribution in [1.82, 2.24) is 0 Å². The van der Waals surface area contributed by atoms with E-state index in [0.717, 1.165) is 22.7 Å². The zero-order valence-corrected chi connectivity index (χ0v) is 9.28. The SMILES string of the molecule is C=CC(=O)OC(=O)C(N)Sc1ccccc1. The van der Waals surface area contributed by atoms with Crippen molar-refractivity contribution in [3.05, 3.63) is 43.0 Å². The number of benzene rings is 1. The van der Waals surface area contributed by atoms with Crippen molar-refractivity contribution in [2.75, 3.05) is 0 Å². The molecule has 0 amide bonds. The van der Waals surface area contributed by atoms with Crippen LogP contribution in [0.5, 0.6) is 0 Å². The number of carbonyl (C=O) groups excluding carboxylic acids is 2. The van der Waals surface area contributed by atoms with Gasteiger partial charge in [-0.05, 0) is 12.1 Å². The second-order valence-electron chi connectivity index (χ2n) is 2.80. The summed E-state index contributed by atoms with van der Waals surface area (Å²) in [7, 11) is 0. The maximum atomic E-state index is 11.3. The van der Waals surface area contributed by atoms with E-state index in [4.69, 9.17) is 5.73 Å². The molecule has 0 bridgehead atoms. The molecule has 1 atom stereocenters. The Bertz CT molecular complexity index is 391. The molecule has 0 fully saturated rings. The number of carbonyl (C=O) groups is 2. The largest absolute Gasteiger partial charge is 0.388 e. The van der Waals surface area contributed by atoms with Crippen LogP contribution in [0.3, 0.4) is 0 Å². The lowest BCUT2D eigenvalue weighted by atomic mass is 10.4. The van der Waals surface area contributed by atoms with Crippen LogP contribution in [0.4, 0.5) is 0 Å². The molecule has 0 aliphatic rings. The first-order chi connectivity index (χ1) is 7.63. The Balaban J connectivity index is 2.52. The lowest BCUT2D eigenvalue weighted by Gasteiger charge is -2.08. The fraction of sp³-hybridized carbons (Fsp3) is 0.0909. The van der Waals surface area contributed by atoms with Gasteiger partial charge in [0.15, 0.2) is 5.37 Å². The molecule has 4 nitrogen and oxygen atoms in total. The Morgan fingerprint density at radius 2 is 2.00 bits per heavy atom. The summed E-state index contributed by atoms with van der Waals surface area (Å²) in [6.45, 7) is 3.18. The highest BCUT2D eigenvalue weighted by Crippen LogP contribution is 2.20. The fourth-order valence-corrected chi connectivity index (χ4v) is 1.64. The summed E-state index contributed by atoms with van der Waals surface area (Å²) in [6.07, 6.45) is 0.914. The summed E-state index contributed by atoms with van der Waals surface area (Å²) in [4.78, 5) is 22.9. The van der Waals surface area contributed by atoms with Crippen LogP contribution in [0.15, 0.2) is 47.9 Å². The Labute approximate surface area is 97.5 Å². The number of rotatable bonds is 4. The van der Waals surface area contributed by atoms with Crippen LogP contribution < -0.4 is 5.73 Å². The molecule has 84 valence electrons. The van der Waals surface area contributed by atoms with Gasteiger partial charge in [0.25, 0.3) is 0 Å². The van der Waals surface area contributed by atoms with Gasteiger partial charge >= 0.3 is 11.9 Å². The van der Waals surface area contributed by atoms with Gasteiger partial charge in [-0.3, -0.25) is 0 Å². The molecule has 5 heteroatoms. The topological polar surface area (TPSA) is 69.4 Å². The first-order valence-corrected chi connectivity index (χ1v) is 5.37. The Hall–Kier alpha value is -1.59. The van der Waals surface area contributed by atoms with Crippen LogP contribution in [-0.2, 0) is 14.3 Å². The number of nitrogens with two attached hydrogens (primary N) is 1. The van der Waals surface area contributed by atoms with Crippen molar-refractivity contribution in [3.8, 4) is 0 Å². The molecule has 0 aliphatic carbocycles. The third kappa shape index (κ3) is 3.88. The van der Waals surface area contributed by atoms with E-state index < -0.39 is 17.3 Å². The molecule has 0 saturated carbocycles. The predicted octanol–water partition coefficient (Wildman–Crippen LogP) is 1.32. The smallest absolute Gasteiger partial charge is 0.341 e. The molecule has 1 aromatic carbocycles. The molecule has 1 aromatic rings. The lowest BCUT2D eigenvalue weighted by molar-refractivity contribution is -0.155. The second-order valence-corrected chi connectivity index (χ2v) is 4.01. The molecular formula is C11H11NO3S. The first kappa shape index (κ1) is 12.5. The van der Waals surface area contributed by atoms with E-state index in [9.17, 15) is 9.59 Å². The van der Waals surface area contributed by atoms with E-state index in [0.29, 0.717) is 0 Å². The van der Waals surface area contributed by atoms with Crippen molar-refractivity contribution in [2.45, 2.75) is 10.3 Å². The van der Waals surface area contributed by atoms with Crippen LogP contribution in [0.2, 0.25) is 0 Å². The minimum absolute atomic E-state index is 0.779. The summed E-state index contributed by atoms with van der Waals surface area (Å²) >= 11 is 1.12. The van der Waals surface area contributed by atoms with Crippen molar-refractivity contribution in [2.24, 2.45) is 5.73 Å². The zero-order valence-electron chi connectivity index (χ0n) is 8.46. The Morgan fingerprint density at radius 3 is 2.56 bits per heavy atom. The lowest BCUT2D eigenvalue weighted by Crippen LogP contribution is -2.30. The van der Waals surface area contributed by atoms with Gasteiger partial charge in [0, 0.05) is 11.0 Å². The normalized spacial score (nSPS) is 11.6. The number of hydrogen-bond donors (Lipinski definition) is 1. The predicted molar refractivity (Wildman–Crippen MR) is 61.6 cm³/mol. The van der Waals surface area contributed by atoms with E-state index in [-0.39, 0.29) is 0 Å². The maximum absolute atomic E-state index is 11.3. The van der Waals surface area contributed by atoms with Crippen molar-refractivity contribution < 1.29 is 14.3 Å². The van der Waals surface area contributed by atoms with Gasteiger partial charge in [0.05, 0.1) is 0 Å². The highest BCUT2D eigenvalue weighted by atomic mass is 32.2. The van der Waals surface area contributed by atoms with Gasteiger partial charge < -0.3 is 10.5 Å². The molecule has 0 aliphatic heterocycles. The highest BCUT2D eigenvalue weighted by Gasteiger charge is 2.18. The summed E-state index contributed by atoms with van der Waals surface area (Å²) < 4.78 is 4.39. The first-order valence-electron chi connectivity index (χ1n) is 4.49. The minimum Gasteiger partial charge on any atom is -0.388 e. The van der Waals surface area contributed by atoms with Crippen molar-refractivity contribution in [1.29, 1.82) is 0 Å². The van der Waals surface area contributed by atoms with Crippen LogP contribution in [0.1, 0.15) is 0 Å². The molecule has 1 rings (SSSR count). The van der Waals surface area contributed by atoms with E-state index >= 15 is 0 Å². The average molecular weight is 237 g/mol.